The number of aromatic amines is 1. The molecule has 0 fully saturated rings. The van der Waals surface area contributed by atoms with Crippen LogP contribution in [-0.4, -0.2) is 28.6 Å². The zero-order chi connectivity index (χ0) is 14.7. The summed E-state index contributed by atoms with van der Waals surface area (Å²) >= 11 is 3.41. The Bertz CT molecular complexity index is 662. The number of hydrogen-bond donors (Lipinski definition) is 2. The maximum atomic E-state index is 12.0. The molecule has 6 heteroatoms. The van der Waals surface area contributed by atoms with Crippen LogP contribution in [-0.2, 0) is 16.0 Å². The molecule has 0 aliphatic carbocycles. The maximum absolute atomic E-state index is 12.0. The molecule has 5 nitrogen and oxygen atoms in total. The summed E-state index contributed by atoms with van der Waals surface area (Å²) in [5.74, 6) is -1.36. The minimum Gasteiger partial charge on any atom is -0.481 e. The summed E-state index contributed by atoms with van der Waals surface area (Å²) in [6, 6.07) is 5.56. The van der Waals surface area contributed by atoms with Crippen molar-refractivity contribution in [1.29, 1.82) is 0 Å². The minimum atomic E-state index is -0.899. The fourth-order valence-electron chi connectivity index (χ4n) is 2.11. The number of carbonyl (C=O) groups is 2. The van der Waals surface area contributed by atoms with Crippen molar-refractivity contribution in [1.82, 2.24) is 4.98 Å². The summed E-state index contributed by atoms with van der Waals surface area (Å²) in [5, 5.41) is 9.67. The SMILES string of the molecule is CCOC(=O)c1[nH]c2c(Br)cccc2c1CCC(=O)O. The normalized spacial score (nSPS) is 10.7. The van der Waals surface area contributed by atoms with Crippen molar-refractivity contribution in [2.75, 3.05) is 6.61 Å². The van der Waals surface area contributed by atoms with Gasteiger partial charge in [-0.1, -0.05) is 12.1 Å². The molecular weight excluding hydrogens is 326 g/mol. The lowest BCUT2D eigenvalue weighted by atomic mass is 10.1. The number of benzene rings is 1. The number of carboxylic acid groups (broad SMARTS) is 1. The fourth-order valence-corrected chi connectivity index (χ4v) is 2.57. The van der Waals surface area contributed by atoms with E-state index in [1.807, 2.05) is 18.2 Å². The van der Waals surface area contributed by atoms with Gasteiger partial charge in [0.15, 0.2) is 0 Å². The van der Waals surface area contributed by atoms with E-state index in [0.29, 0.717) is 11.3 Å². The molecular formula is C14H14BrNO4. The van der Waals surface area contributed by atoms with Crippen molar-refractivity contribution in [3.05, 3.63) is 33.9 Å². The van der Waals surface area contributed by atoms with Gasteiger partial charge in [-0.15, -0.1) is 0 Å². The van der Waals surface area contributed by atoms with Gasteiger partial charge in [0.1, 0.15) is 5.69 Å². The number of esters is 1. The number of fused-ring (bicyclic) bond motifs is 1. The van der Waals surface area contributed by atoms with Gasteiger partial charge < -0.3 is 14.8 Å². The second-order valence-corrected chi connectivity index (χ2v) is 5.11. The predicted octanol–water partition coefficient (Wildman–Crippen LogP) is 3.12. The van der Waals surface area contributed by atoms with Crippen molar-refractivity contribution in [2.24, 2.45) is 0 Å². The summed E-state index contributed by atoms with van der Waals surface area (Å²) in [7, 11) is 0. The number of rotatable bonds is 5. The Morgan fingerprint density at radius 3 is 2.80 bits per heavy atom. The van der Waals surface area contributed by atoms with Crippen molar-refractivity contribution < 1.29 is 19.4 Å². The van der Waals surface area contributed by atoms with E-state index in [1.54, 1.807) is 6.92 Å². The first kappa shape index (κ1) is 14.6. The molecule has 0 radical (unpaired) electrons. The molecule has 2 aromatic rings. The van der Waals surface area contributed by atoms with Gasteiger partial charge in [0, 0.05) is 16.3 Å². The Kier molecular flexibility index (Phi) is 4.44. The van der Waals surface area contributed by atoms with Gasteiger partial charge >= 0.3 is 11.9 Å². The molecule has 0 atom stereocenters. The van der Waals surface area contributed by atoms with Crippen LogP contribution in [0, 0.1) is 0 Å². The zero-order valence-electron chi connectivity index (χ0n) is 10.9. The Hall–Kier alpha value is -1.82. The van der Waals surface area contributed by atoms with Crippen LogP contribution < -0.4 is 0 Å². The van der Waals surface area contributed by atoms with Crippen LogP contribution >= 0.6 is 15.9 Å². The molecule has 0 amide bonds. The van der Waals surface area contributed by atoms with Crippen LogP contribution in [0.15, 0.2) is 22.7 Å². The first-order chi connectivity index (χ1) is 9.54. The van der Waals surface area contributed by atoms with E-state index in [4.69, 9.17) is 9.84 Å². The highest BCUT2D eigenvalue weighted by atomic mass is 79.9. The van der Waals surface area contributed by atoms with Crippen LogP contribution in [0.1, 0.15) is 29.4 Å². The Balaban J connectivity index is 2.53. The average molecular weight is 340 g/mol. The second-order valence-electron chi connectivity index (χ2n) is 4.26. The molecule has 1 heterocycles. The molecule has 0 bridgehead atoms. The molecule has 0 aliphatic rings. The molecule has 0 saturated heterocycles. The van der Waals surface area contributed by atoms with E-state index in [-0.39, 0.29) is 19.4 Å². The summed E-state index contributed by atoms with van der Waals surface area (Å²) in [4.78, 5) is 25.8. The molecule has 0 unspecified atom stereocenters. The standard InChI is InChI=1S/C14H14BrNO4/c1-2-20-14(19)13-9(6-7-11(17)18)8-4-3-5-10(15)12(8)16-13/h3-5,16H,2,6-7H2,1H3,(H,17,18). The second kappa shape index (κ2) is 6.09. The van der Waals surface area contributed by atoms with E-state index in [1.165, 1.54) is 0 Å². The average Bonchev–Trinajstić information content (AvgIpc) is 2.77. The van der Waals surface area contributed by atoms with Crippen LogP contribution in [0.3, 0.4) is 0 Å². The summed E-state index contributed by atoms with van der Waals surface area (Å²) in [5.41, 5.74) is 1.79. The van der Waals surface area contributed by atoms with E-state index < -0.39 is 11.9 Å². The van der Waals surface area contributed by atoms with Crippen LogP contribution in [0.2, 0.25) is 0 Å². The lowest BCUT2D eigenvalue weighted by Crippen LogP contribution is -2.09. The minimum absolute atomic E-state index is 0.0358. The summed E-state index contributed by atoms with van der Waals surface area (Å²) in [6.07, 6.45) is 0.242. The number of carbonyl (C=O) groups excluding carboxylic acids is 1. The van der Waals surface area contributed by atoms with E-state index in [2.05, 4.69) is 20.9 Å². The Morgan fingerprint density at radius 1 is 1.40 bits per heavy atom. The molecule has 0 saturated carbocycles. The highest BCUT2D eigenvalue weighted by molar-refractivity contribution is 9.10. The number of nitrogens with one attached hydrogen (secondary N) is 1. The molecule has 2 rings (SSSR count). The van der Waals surface area contributed by atoms with Crippen molar-refractivity contribution in [2.45, 2.75) is 19.8 Å². The Labute approximate surface area is 124 Å². The van der Waals surface area contributed by atoms with E-state index in [0.717, 1.165) is 15.4 Å². The van der Waals surface area contributed by atoms with Crippen molar-refractivity contribution in [3.63, 3.8) is 0 Å². The van der Waals surface area contributed by atoms with Gasteiger partial charge in [-0.3, -0.25) is 4.79 Å². The lowest BCUT2D eigenvalue weighted by Gasteiger charge is -2.03. The van der Waals surface area contributed by atoms with E-state index in [9.17, 15) is 9.59 Å². The number of H-pyrrole nitrogens is 1. The van der Waals surface area contributed by atoms with Gasteiger partial charge in [-0.25, -0.2) is 4.79 Å². The first-order valence-electron chi connectivity index (χ1n) is 6.22. The Morgan fingerprint density at radius 2 is 2.15 bits per heavy atom. The fraction of sp³-hybridized carbons (Fsp3) is 0.286. The third kappa shape index (κ3) is 2.85. The number of halogens is 1. The lowest BCUT2D eigenvalue weighted by molar-refractivity contribution is -0.136. The van der Waals surface area contributed by atoms with E-state index >= 15 is 0 Å². The molecule has 1 aromatic carbocycles. The monoisotopic (exact) mass is 339 g/mol. The smallest absolute Gasteiger partial charge is 0.355 e. The van der Waals surface area contributed by atoms with Crippen LogP contribution in [0.4, 0.5) is 0 Å². The number of aliphatic carboxylic acids is 1. The highest BCUT2D eigenvalue weighted by Gasteiger charge is 2.20. The van der Waals surface area contributed by atoms with Crippen LogP contribution in [0.5, 0.6) is 0 Å². The van der Waals surface area contributed by atoms with Crippen LogP contribution in [0.25, 0.3) is 10.9 Å². The molecule has 2 N–H and O–H groups in total. The number of aromatic nitrogens is 1. The topological polar surface area (TPSA) is 79.4 Å². The number of carboxylic acids is 1. The van der Waals surface area contributed by atoms with Gasteiger partial charge in [0.2, 0.25) is 0 Å². The number of para-hydroxylation sites is 1. The first-order valence-corrected chi connectivity index (χ1v) is 7.01. The van der Waals surface area contributed by atoms with Crippen molar-refractivity contribution in [3.8, 4) is 0 Å². The zero-order valence-corrected chi connectivity index (χ0v) is 12.5. The predicted molar refractivity (Wildman–Crippen MR) is 77.9 cm³/mol. The molecule has 0 aliphatic heterocycles. The molecule has 106 valence electrons. The van der Waals surface area contributed by atoms with Gasteiger partial charge in [-0.05, 0) is 40.9 Å². The van der Waals surface area contributed by atoms with Gasteiger partial charge in [0.05, 0.1) is 12.1 Å². The summed E-state index contributed by atoms with van der Waals surface area (Å²) in [6.45, 7) is 2.00. The molecule has 1 aromatic heterocycles. The van der Waals surface area contributed by atoms with Crippen molar-refractivity contribution >= 4 is 38.8 Å². The third-order valence-electron chi connectivity index (χ3n) is 2.96. The number of hydrogen-bond acceptors (Lipinski definition) is 3. The number of aryl methyl sites for hydroxylation is 1. The van der Waals surface area contributed by atoms with Gasteiger partial charge in [0.25, 0.3) is 0 Å². The largest absolute Gasteiger partial charge is 0.481 e. The number of ether oxygens (including phenoxy) is 1. The molecule has 20 heavy (non-hydrogen) atoms. The third-order valence-corrected chi connectivity index (χ3v) is 3.62. The highest BCUT2D eigenvalue weighted by Crippen LogP contribution is 2.29. The quantitative estimate of drug-likeness (QED) is 0.820. The molecule has 0 spiro atoms. The summed E-state index contributed by atoms with van der Waals surface area (Å²) < 4.78 is 5.83. The maximum Gasteiger partial charge on any atom is 0.355 e. The van der Waals surface area contributed by atoms with Gasteiger partial charge in [-0.2, -0.15) is 0 Å².